The Morgan fingerprint density at radius 3 is 2.12 bits per heavy atom. The van der Waals surface area contributed by atoms with Crippen LogP contribution in [-0.2, 0) is 0 Å². The van der Waals surface area contributed by atoms with Gasteiger partial charge >= 0.3 is 0 Å². The molecule has 0 amide bonds. The summed E-state index contributed by atoms with van der Waals surface area (Å²) in [7, 11) is 0. The van der Waals surface area contributed by atoms with Gasteiger partial charge in [-0.3, -0.25) is 9.97 Å². The van der Waals surface area contributed by atoms with E-state index in [1.165, 1.54) is 11.1 Å². The molecule has 7 rings (SSSR count). The van der Waals surface area contributed by atoms with E-state index < -0.39 is 0 Å². The van der Waals surface area contributed by atoms with Crippen LogP contribution in [0.15, 0.2) is 116 Å². The molecule has 3 aromatic heterocycles. The average Bonchev–Trinajstić information content (AvgIpc) is 2.92. The van der Waals surface area contributed by atoms with Crippen LogP contribution in [0, 0.1) is 0 Å². The Morgan fingerprint density at radius 2 is 1.24 bits per heavy atom. The maximum Gasteiger partial charge on any atom is 0.0971 e. The van der Waals surface area contributed by atoms with Gasteiger partial charge in [-0.2, -0.15) is 0 Å². The maximum absolute atomic E-state index is 5.16. The summed E-state index contributed by atoms with van der Waals surface area (Å²) in [6, 6.07) is 35.8. The van der Waals surface area contributed by atoms with Crippen LogP contribution in [0.5, 0.6) is 0 Å². The molecule has 7 aromatic rings. The van der Waals surface area contributed by atoms with Crippen LogP contribution in [0.1, 0.15) is 0 Å². The third-order valence-electron chi connectivity index (χ3n) is 6.54. The van der Waals surface area contributed by atoms with Crippen molar-refractivity contribution in [3.05, 3.63) is 116 Å². The van der Waals surface area contributed by atoms with Crippen molar-refractivity contribution in [3.8, 4) is 22.4 Å². The third kappa shape index (κ3) is 2.87. The van der Waals surface area contributed by atoms with Gasteiger partial charge in [0.25, 0.3) is 0 Å². The fourth-order valence-electron chi connectivity index (χ4n) is 4.90. The van der Waals surface area contributed by atoms with Crippen LogP contribution >= 0.6 is 0 Å². The van der Waals surface area contributed by atoms with Gasteiger partial charge in [-0.05, 0) is 23.3 Å². The molecule has 0 spiro atoms. The Labute approximate surface area is 196 Å². The fraction of sp³-hybridized carbons (Fsp3) is 0. The Hall–Kier alpha value is -4.63. The number of rotatable bonds is 2. The van der Waals surface area contributed by atoms with Crippen LogP contribution in [0.2, 0.25) is 0 Å². The first kappa shape index (κ1) is 18.9. The van der Waals surface area contributed by atoms with Gasteiger partial charge in [0.1, 0.15) is 0 Å². The van der Waals surface area contributed by atoms with Crippen molar-refractivity contribution in [2.45, 2.75) is 0 Å². The van der Waals surface area contributed by atoms with Crippen molar-refractivity contribution < 1.29 is 0 Å². The summed E-state index contributed by atoms with van der Waals surface area (Å²) >= 11 is 0. The Balaban J connectivity index is 1.56. The number of hydrogen-bond donors (Lipinski definition) is 0. The number of nitrogens with zero attached hydrogens (tertiary/aromatic N) is 3. The van der Waals surface area contributed by atoms with Crippen LogP contribution < -0.4 is 0 Å². The first-order valence-electron chi connectivity index (χ1n) is 11.4. The Morgan fingerprint density at radius 1 is 0.471 bits per heavy atom. The van der Waals surface area contributed by atoms with Gasteiger partial charge in [0.15, 0.2) is 0 Å². The number of fused-ring (bicyclic) bond motifs is 7. The molecule has 0 aliphatic heterocycles. The quantitative estimate of drug-likeness (QED) is 0.261. The first-order chi connectivity index (χ1) is 16.9. The van der Waals surface area contributed by atoms with Crippen LogP contribution in [0.4, 0.5) is 0 Å². The largest absolute Gasteiger partial charge is 0.254 e. The zero-order valence-corrected chi connectivity index (χ0v) is 18.3. The summed E-state index contributed by atoms with van der Waals surface area (Å²) in [5.41, 5.74) is 7.25. The molecule has 0 aliphatic carbocycles. The van der Waals surface area contributed by atoms with Crippen molar-refractivity contribution in [1.82, 2.24) is 15.0 Å². The lowest BCUT2D eigenvalue weighted by Gasteiger charge is -2.13. The molecule has 0 bridgehead atoms. The highest BCUT2D eigenvalue weighted by atomic mass is 14.7. The predicted molar refractivity (Wildman–Crippen MR) is 141 cm³/mol. The molecular formula is C31H19N3. The molecule has 0 atom stereocenters. The number of hydrogen-bond acceptors (Lipinski definition) is 3. The minimum Gasteiger partial charge on any atom is -0.254 e. The first-order valence-corrected chi connectivity index (χ1v) is 11.4. The van der Waals surface area contributed by atoms with Gasteiger partial charge in [0, 0.05) is 44.9 Å². The molecule has 0 aliphatic rings. The summed E-state index contributed by atoms with van der Waals surface area (Å²) in [4.78, 5) is 14.7. The summed E-state index contributed by atoms with van der Waals surface area (Å²) in [6.45, 7) is 0. The third-order valence-corrected chi connectivity index (χ3v) is 6.54. The second-order valence-electron chi connectivity index (χ2n) is 8.50. The Kier molecular flexibility index (Phi) is 4.15. The second-order valence-corrected chi connectivity index (χ2v) is 8.50. The zero-order chi connectivity index (χ0) is 22.5. The van der Waals surface area contributed by atoms with Gasteiger partial charge in [0.2, 0.25) is 0 Å². The molecular weight excluding hydrogens is 414 g/mol. The number of aromatic nitrogens is 3. The predicted octanol–water partition coefficient (Wildman–Crippen LogP) is 7.82. The van der Waals surface area contributed by atoms with Crippen LogP contribution in [0.25, 0.3) is 65.9 Å². The van der Waals surface area contributed by atoms with E-state index in [4.69, 9.17) is 9.97 Å². The van der Waals surface area contributed by atoms with Gasteiger partial charge in [-0.1, -0.05) is 91.0 Å². The van der Waals surface area contributed by atoms with Gasteiger partial charge < -0.3 is 0 Å². The van der Waals surface area contributed by atoms with Crippen LogP contribution in [0.3, 0.4) is 0 Å². The normalized spacial score (nSPS) is 11.5. The van der Waals surface area contributed by atoms with E-state index in [0.717, 1.165) is 54.7 Å². The van der Waals surface area contributed by atoms with Crippen molar-refractivity contribution in [2.75, 3.05) is 0 Å². The lowest BCUT2D eigenvalue weighted by atomic mass is 9.96. The van der Waals surface area contributed by atoms with Crippen molar-refractivity contribution in [3.63, 3.8) is 0 Å². The van der Waals surface area contributed by atoms with E-state index in [1.807, 2.05) is 30.6 Å². The summed E-state index contributed by atoms with van der Waals surface area (Å²) in [6.07, 6.45) is 3.81. The monoisotopic (exact) mass is 433 g/mol. The van der Waals surface area contributed by atoms with E-state index in [2.05, 4.69) is 89.9 Å². The topological polar surface area (TPSA) is 38.7 Å². The smallest absolute Gasteiger partial charge is 0.0971 e. The molecule has 3 nitrogen and oxygen atoms in total. The van der Waals surface area contributed by atoms with Crippen LogP contribution in [-0.4, -0.2) is 15.0 Å². The molecule has 3 heteroatoms. The summed E-state index contributed by atoms with van der Waals surface area (Å²) in [5, 5.41) is 5.49. The van der Waals surface area contributed by atoms with Crippen molar-refractivity contribution in [1.29, 1.82) is 0 Å². The molecule has 0 radical (unpaired) electrons. The standard InChI is InChI=1S/C31H19N3/c1-2-7-20(8-3-1)21-12-14-23(15-13-21)29-28-25-17-16-22-9-6-18-32-30(22)31(25)33-19-26(28)24-10-4-5-11-27(24)34-29/h1-19H. The minimum atomic E-state index is 0.907. The summed E-state index contributed by atoms with van der Waals surface area (Å²) < 4.78 is 0. The van der Waals surface area contributed by atoms with E-state index in [0.29, 0.717) is 0 Å². The van der Waals surface area contributed by atoms with Gasteiger partial charge in [0.05, 0.1) is 22.2 Å². The fourth-order valence-corrected chi connectivity index (χ4v) is 4.90. The molecule has 0 fully saturated rings. The number of para-hydroxylation sites is 1. The molecule has 34 heavy (non-hydrogen) atoms. The molecule has 3 heterocycles. The van der Waals surface area contributed by atoms with Crippen molar-refractivity contribution in [2.24, 2.45) is 0 Å². The second kappa shape index (κ2) is 7.46. The zero-order valence-electron chi connectivity index (χ0n) is 18.3. The highest BCUT2D eigenvalue weighted by molar-refractivity contribution is 6.23. The highest BCUT2D eigenvalue weighted by Gasteiger charge is 2.15. The molecule has 0 saturated heterocycles. The van der Waals surface area contributed by atoms with Gasteiger partial charge in [-0.15, -0.1) is 0 Å². The average molecular weight is 434 g/mol. The van der Waals surface area contributed by atoms with Crippen molar-refractivity contribution >= 4 is 43.5 Å². The molecule has 0 unspecified atom stereocenters. The lowest BCUT2D eigenvalue weighted by molar-refractivity contribution is 1.38. The highest BCUT2D eigenvalue weighted by Crippen LogP contribution is 2.38. The molecule has 4 aromatic carbocycles. The SMILES string of the molecule is c1ccc(-c2ccc(-c3nc4ccccc4c4cnc5c(ccc6cccnc65)c34)cc2)cc1. The summed E-state index contributed by atoms with van der Waals surface area (Å²) in [5.74, 6) is 0. The van der Waals surface area contributed by atoms with E-state index >= 15 is 0 Å². The molecule has 158 valence electrons. The molecule has 0 N–H and O–H groups in total. The van der Waals surface area contributed by atoms with E-state index in [-0.39, 0.29) is 0 Å². The molecule has 0 saturated carbocycles. The lowest BCUT2D eigenvalue weighted by Crippen LogP contribution is -1.93. The minimum absolute atomic E-state index is 0.907. The van der Waals surface area contributed by atoms with E-state index in [9.17, 15) is 0 Å². The Bertz CT molecular complexity index is 1840. The maximum atomic E-state index is 5.16. The number of benzene rings is 4. The van der Waals surface area contributed by atoms with E-state index in [1.54, 1.807) is 0 Å². The number of pyridine rings is 3. The van der Waals surface area contributed by atoms with Gasteiger partial charge in [-0.25, -0.2) is 4.98 Å².